The molecule has 0 fully saturated rings. The molecule has 4 heteroatoms. The Morgan fingerprint density at radius 3 is 2.67 bits per heavy atom. The highest BCUT2D eigenvalue weighted by molar-refractivity contribution is 8.81. The Labute approximate surface area is 63.1 Å². The van der Waals surface area contributed by atoms with Gasteiger partial charge >= 0.3 is 5.30 Å². The van der Waals surface area contributed by atoms with E-state index in [-0.39, 0.29) is 11.4 Å². The summed E-state index contributed by atoms with van der Waals surface area (Å²) in [6, 6.07) is 0. The Balaban J connectivity index is 3.27. The first kappa shape index (κ1) is 9.17. The third-order valence-corrected chi connectivity index (χ3v) is 1.76. The van der Waals surface area contributed by atoms with Gasteiger partial charge in [-0.15, -0.1) is 0 Å². The number of rotatable bonds is 2. The average Bonchev–Trinajstić information content (AvgIpc) is 1.63. The van der Waals surface area contributed by atoms with Gasteiger partial charge in [0.25, 0.3) is 0 Å². The maximum absolute atomic E-state index is 10.5. The Hall–Kier alpha value is 0.170. The SMILES string of the molecule is [CH2]C(C)OC(=O)SSC. The topological polar surface area (TPSA) is 26.3 Å². The number of carbonyl (C=O) groups is 1. The Kier molecular flexibility index (Phi) is 5.09. The minimum Gasteiger partial charge on any atom is -0.454 e. The molecule has 53 valence electrons. The molecule has 0 bridgehead atoms. The van der Waals surface area contributed by atoms with Crippen LogP contribution in [-0.4, -0.2) is 17.7 Å². The summed E-state index contributed by atoms with van der Waals surface area (Å²) in [6.45, 7) is 5.22. The minimum atomic E-state index is -0.273. The van der Waals surface area contributed by atoms with Gasteiger partial charge in [-0.2, -0.15) is 0 Å². The molecule has 0 aromatic heterocycles. The molecule has 0 N–H and O–H groups in total. The van der Waals surface area contributed by atoms with Crippen molar-refractivity contribution in [3.63, 3.8) is 0 Å². The fourth-order valence-electron chi connectivity index (χ4n) is 0.252. The summed E-state index contributed by atoms with van der Waals surface area (Å²) in [5, 5.41) is -0.273. The number of hydrogen-bond donors (Lipinski definition) is 0. The molecule has 0 amide bonds. The van der Waals surface area contributed by atoms with E-state index in [0.29, 0.717) is 0 Å². The van der Waals surface area contributed by atoms with E-state index in [9.17, 15) is 4.79 Å². The van der Waals surface area contributed by atoms with E-state index in [1.807, 2.05) is 6.26 Å². The van der Waals surface area contributed by atoms with E-state index >= 15 is 0 Å². The maximum Gasteiger partial charge on any atom is 0.378 e. The van der Waals surface area contributed by atoms with Gasteiger partial charge in [-0.05, 0) is 20.1 Å². The molecule has 9 heavy (non-hydrogen) atoms. The van der Waals surface area contributed by atoms with E-state index in [4.69, 9.17) is 0 Å². The molecule has 0 aliphatic rings. The van der Waals surface area contributed by atoms with Gasteiger partial charge in [-0.1, -0.05) is 10.8 Å². The first-order valence-corrected chi connectivity index (χ1v) is 4.97. The average molecular weight is 165 g/mol. The molecule has 0 rings (SSSR count). The lowest BCUT2D eigenvalue weighted by molar-refractivity contribution is 0.154. The van der Waals surface area contributed by atoms with E-state index in [1.54, 1.807) is 6.92 Å². The smallest absolute Gasteiger partial charge is 0.378 e. The van der Waals surface area contributed by atoms with Crippen LogP contribution < -0.4 is 0 Å². The van der Waals surface area contributed by atoms with Crippen molar-refractivity contribution in [2.75, 3.05) is 6.26 Å². The zero-order valence-electron chi connectivity index (χ0n) is 5.42. The molecule has 0 heterocycles. The normalized spacial score (nSPS) is 9.78. The van der Waals surface area contributed by atoms with Crippen molar-refractivity contribution in [3.05, 3.63) is 6.92 Å². The summed E-state index contributed by atoms with van der Waals surface area (Å²) in [6.07, 6.45) is 1.57. The van der Waals surface area contributed by atoms with Crippen LogP contribution in [0.5, 0.6) is 0 Å². The lowest BCUT2D eigenvalue weighted by Gasteiger charge is -2.04. The van der Waals surface area contributed by atoms with Gasteiger partial charge in [0.05, 0.1) is 0 Å². The third-order valence-electron chi connectivity index (χ3n) is 0.449. The highest BCUT2D eigenvalue weighted by Gasteiger charge is 2.03. The van der Waals surface area contributed by atoms with Gasteiger partial charge in [0.1, 0.15) is 6.10 Å². The standard InChI is InChI=1S/C5H9O2S2/c1-4(2)7-5(6)9-8-3/h4H,1H2,2-3H3. The van der Waals surface area contributed by atoms with Gasteiger partial charge in [-0.3, -0.25) is 0 Å². The molecule has 0 spiro atoms. The third kappa shape index (κ3) is 6.05. The first-order chi connectivity index (χ1) is 4.16. The summed E-state index contributed by atoms with van der Waals surface area (Å²) in [7, 11) is 2.44. The van der Waals surface area contributed by atoms with E-state index in [2.05, 4.69) is 11.7 Å². The summed E-state index contributed by atoms with van der Waals surface area (Å²) < 4.78 is 4.68. The molecule has 0 saturated heterocycles. The molecule has 0 saturated carbocycles. The number of hydrogen-bond acceptors (Lipinski definition) is 4. The second kappa shape index (κ2) is 4.99. The van der Waals surface area contributed by atoms with Crippen LogP contribution in [0.2, 0.25) is 0 Å². The van der Waals surface area contributed by atoms with Gasteiger partial charge in [0, 0.05) is 10.8 Å². The molecular formula is C5H9O2S2. The Morgan fingerprint density at radius 2 is 2.33 bits per heavy atom. The number of carbonyl (C=O) groups excluding carboxylic acids is 1. The lowest BCUT2D eigenvalue weighted by Crippen LogP contribution is -2.05. The second-order valence-electron chi connectivity index (χ2n) is 1.43. The quantitative estimate of drug-likeness (QED) is 0.463. The monoisotopic (exact) mass is 165 g/mol. The number of ether oxygens (including phenoxy) is 1. The van der Waals surface area contributed by atoms with Gasteiger partial charge in [-0.25, -0.2) is 4.79 Å². The van der Waals surface area contributed by atoms with Crippen molar-refractivity contribution >= 4 is 26.9 Å². The van der Waals surface area contributed by atoms with Crippen LogP contribution in [0.1, 0.15) is 6.92 Å². The molecule has 0 aliphatic heterocycles. The van der Waals surface area contributed by atoms with Crippen molar-refractivity contribution in [2.24, 2.45) is 0 Å². The molecule has 1 atom stereocenters. The summed E-state index contributed by atoms with van der Waals surface area (Å²) in [4.78, 5) is 10.5. The predicted octanol–water partition coefficient (Wildman–Crippen LogP) is 2.36. The first-order valence-electron chi connectivity index (χ1n) is 2.41. The summed E-state index contributed by atoms with van der Waals surface area (Å²) in [5.74, 6) is 0. The largest absolute Gasteiger partial charge is 0.454 e. The van der Waals surface area contributed by atoms with Crippen LogP contribution in [0, 0.1) is 6.92 Å². The molecule has 1 radical (unpaired) electrons. The minimum absolute atomic E-state index is 0.253. The second-order valence-corrected chi connectivity index (χ2v) is 3.76. The van der Waals surface area contributed by atoms with Gasteiger partial charge < -0.3 is 4.74 Å². The Bertz CT molecular complexity index is 93.0. The van der Waals surface area contributed by atoms with E-state index in [1.165, 1.54) is 10.8 Å². The molecule has 1 unspecified atom stereocenters. The fraction of sp³-hybridized carbons (Fsp3) is 0.600. The summed E-state index contributed by atoms with van der Waals surface area (Å²) >= 11 is 0. The lowest BCUT2D eigenvalue weighted by atomic mass is 10.5. The van der Waals surface area contributed by atoms with E-state index < -0.39 is 0 Å². The molecule has 2 nitrogen and oxygen atoms in total. The zero-order valence-corrected chi connectivity index (χ0v) is 7.05. The van der Waals surface area contributed by atoms with Gasteiger partial charge in [0.15, 0.2) is 0 Å². The highest BCUT2D eigenvalue weighted by atomic mass is 33.1. The molecule has 0 aromatic carbocycles. The summed E-state index contributed by atoms with van der Waals surface area (Å²) in [5.41, 5.74) is 0. The molecule has 0 aliphatic carbocycles. The molecule has 0 aromatic rings. The van der Waals surface area contributed by atoms with Crippen LogP contribution in [0.15, 0.2) is 0 Å². The maximum atomic E-state index is 10.5. The highest BCUT2D eigenvalue weighted by Crippen LogP contribution is 2.19. The van der Waals surface area contributed by atoms with Crippen molar-refractivity contribution < 1.29 is 9.53 Å². The van der Waals surface area contributed by atoms with Crippen molar-refractivity contribution in [2.45, 2.75) is 13.0 Å². The predicted molar refractivity (Wildman–Crippen MR) is 42.4 cm³/mol. The zero-order chi connectivity index (χ0) is 7.28. The van der Waals surface area contributed by atoms with E-state index in [0.717, 1.165) is 10.8 Å². The molecular weight excluding hydrogens is 156 g/mol. The Morgan fingerprint density at radius 1 is 1.78 bits per heavy atom. The fourth-order valence-corrected chi connectivity index (χ4v) is 1.12. The van der Waals surface area contributed by atoms with Crippen LogP contribution in [0.4, 0.5) is 4.79 Å². The van der Waals surface area contributed by atoms with Crippen LogP contribution in [0.3, 0.4) is 0 Å². The van der Waals surface area contributed by atoms with Crippen molar-refractivity contribution in [3.8, 4) is 0 Å². The van der Waals surface area contributed by atoms with Crippen molar-refractivity contribution in [1.82, 2.24) is 0 Å². The van der Waals surface area contributed by atoms with Gasteiger partial charge in [0.2, 0.25) is 0 Å². The van der Waals surface area contributed by atoms with Crippen LogP contribution in [-0.2, 0) is 4.74 Å². The van der Waals surface area contributed by atoms with Crippen molar-refractivity contribution in [1.29, 1.82) is 0 Å². The van der Waals surface area contributed by atoms with Crippen LogP contribution >= 0.6 is 21.6 Å². The van der Waals surface area contributed by atoms with Crippen LogP contribution in [0.25, 0.3) is 0 Å².